The highest BCUT2D eigenvalue weighted by Gasteiger charge is 2.23. The van der Waals surface area contributed by atoms with Gasteiger partial charge in [0.25, 0.3) is 0 Å². The van der Waals surface area contributed by atoms with Crippen LogP contribution in [0.5, 0.6) is 0 Å². The maximum Gasteiger partial charge on any atom is 0.00699 e. The molecule has 0 radical (unpaired) electrons. The van der Waals surface area contributed by atoms with Crippen LogP contribution in [-0.2, 0) is 6.42 Å². The van der Waals surface area contributed by atoms with Crippen LogP contribution in [0, 0.1) is 11.8 Å². The van der Waals surface area contributed by atoms with Gasteiger partial charge in [-0.25, -0.2) is 0 Å². The molecule has 1 aromatic heterocycles. The summed E-state index contributed by atoms with van der Waals surface area (Å²) in [6, 6.07) is 5.16. The van der Waals surface area contributed by atoms with Gasteiger partial charge in [-0.05, 0) is 42.5 Å². The molecule has 0 saturated heterocycles. The van der Waals surface area contributed by atoms with Crippen molar-refractivity contribution >= 4 is 11.3 Å². The summed E-state index contributed by atoms with van der Waals surface area (Å²) < 4.78 is 0. The fourth-order valence-electron chi connectivity index (χ4n) is 2.87. The zero-order valence-corrected chi connectivity index (χ0v) is 11.9. The molecule has 2 unspecified atom stereocenters. The van der Waals surface area contributed by atoms with E-state index in [1.54, 1.807) is 0 Å². The van der Waals surface area contributed by atoms with Crippen molar-refractivity contribution in [2.75, 3.05) is 6.54 Å². The Morgan fingerprint density at radius 2 is 2.29 bits per heavy atom. The van der Waals surface area contributed by atoms with Gasteiger partial charge in [0.15, 0.2) is 0 Å². The number of hydrogen-bond donors (Lipinski definition) is 1. The van der Waals surface area contributed by atoms with Crippen molar-refractivity contribution in [1.29, 1.82) is 0 Å². The van der Waals surface area contributed by atoms with Crippen LogP contribution in [0.4, 0.5) is 0 Å². The smallest absolute Gasteiger partial charge is 0.00699 e. The summed E-state index contributed by atoms with van der Waals surface area (Å²) >= 11 is 1.87. The summed E-state index contributed by atoms with van der Waals surface area (Å²) in [5, 5.41) is 5.92. The first-order chi connectivity index (χ1) is 8.25. The molecule has 1 saturated carbocycles. The first-order valence-corrected chi connectivity index (χ1v) is 7.89. The third kappa shape index (κ3) is 4.11. The van der Waals surface area contributed by atoms with Crippen molar-refractivity contribution in [3.05, 3.63) is 22.4 Å². The lowest BCUT2D eigenvalue weighted by Gasteiger charge is -2.32. The lowest BCUT2D eigenvalue weighted by molar-refractivity contribution is 0.232. The molecule has 96 valence electrons. The lowest BCUT2D eigenvalue weighted by Crippen LogP contribution is -2.36. The second-order valence-electron chi connectivity index (χ2n) is 5.65. The van der Waals surface area contributed by atoms with E-state index in [9.17, 15) is 0 Å². The van der Waals surface area contributed by atoms with E-state index >= 15 is 0 Å². The molecule has 1 aliphatic carbocycles. The normalized spacial score (nSPS) is 25.4. The minimum Gasteiger partial charge on any atom is -0.314 e. The Labute approximate surface area is 110 Å². The van der Waals surface area contributed by atoms with E-state index in [2.05, 4.69) is 36.7 Å². The van der Waals surface area contributed by atoms with Gasteiger partial charge in [-0.2, -0.15) is 0 Å². The molecule has 2 heteroatoms. The second-order valence-corrected chi connectivity index (χ2v) is 6.68. The Morgan fingerprint density at radius 1 is 1.41 bits per heavy atom. The standard InChI is InChI=1S/C15H25NS/c1-12(2)13-5-3-6-14(11-13)16-9-8-15-7-4-10-17-15/h4,7,10,12-14,16H,3,5-6,8-9,11H2,1-2H3. The Hall–Kier alpha value is -0.340. The molecule has 17 heavy (non-hydrogen) atoms. The van der Waals surface area contributed by atoms with Gasteiger partial charge in [0.05, 0.1) is 0 Å². The van der Waals surface area contributed by atoms with Crippen molar-refractivity contribution in [3.8, 4) is 0 Å². The number of nitrogens with one attached hydrogen (secondary N) is 1. The Bertz CT molecular complexity index is 305. The van der Waals surface area contributed by atoms with Crippen molar-refractivity contribution in [2.24, 2.45) is 11.8 Å². The van der Waals surface area contributed by atoms with Crippen LogP contribution in [0.1, 0.15) is 44.4 Å². The van der Waals surface area contributed by atoms with Crippen LogP contribution in [0.25, 0.3) is 0 Å². The predicted octanol–water partition coefficient (Wildman–Crippen LogP) is 4.10. The number of hydrogen-bond acceptors (Lipinski definition) is 2. The van der Waals surface area contributed by atoms with Gasteiger partial charge in [-0.15, -0.1) is 11.3 Å². The SMILES string of the molecule is CC(C)C1CCCC(NCCc2cccs2)C1. The molecule has 1 aromatic rings. The van der Waals surface area contributed by atoms with Crippen molar-refractivity contribution in [2.45, 2.75) is 52.0 Å². The third-order valence-electron chi connectivity index (χ3n) is 4.04. The van der Waals surface area contributed by atoms with Gasteiger partial charge in [0.2, 0.25) is 0 Å². The topological polar surface area (TPSA) is 12.0 Å². The van der Waals surface area contributed by atoms with Gasteiger partial charge < -0.3 is 5.32 Å². The molecular formula is C15H25NS. The monoisotopic (exact) mass is 251 g/mol. The zero-order chi connectivity index (χ0) is 12.1. The lowest BCUT2D eigenvalue weighted by atomic mass is 9.79. The Balaban J connectivity index is 1.68. The zero-order valence-electron chi connectivity index (χ0n) is 11.1. The van der Waals surface area contributed by atoms with Crippen molar-refractivity contribution < 1.29 is 0 Å². The van der Waals surface area contributed by atoms with Gasteiger partial charge >= 0.3 is 0 Å². The van der Waals surface area contributed by atoms with Crippen LogP contribution in [0.15, 0.2) is 17.5 Å². The molecule has 1 aliphatic rings. The summed E-state index contributed by atoms with van der Waals surface area (Å²) in [5.41, 5.74) is 0. The number of thiophene rings is 1. The summed E-state index contributed by atoms with van der Waals surface area (Å²) in [6.45, 7) is 5.90. The highest BCUT2D eigenvalue weighted by Crippen LogP contribution is 2.29. The molecule has 2 atom stereocenters. The highest BCUT2D eigenvalue weighted by molar-refractivity contribution is 7.09. The molecule has 0 spiro atoms. The average molecular weight is 251 g/mol. The molecule has 0 amide bonds. The minimum atomic E-state index is 0.774. The van der Waals surface area contributed by atoms with E-state index in [4.69, 9.17) is 0 Å². The highest BCUT2D eigenvalue weighted by atomic mass is 32.1. The summed E-state index contributed by atoms with van der Waals surface area (Å²) in [6.07, 6.45) is 6.83. The second kappa shape index (κ2) is 6.55. The van der Waals surface area contributed by atoms with Gasteiger partial charge in [-0.1, -0.05) is 32.8 Å². The largest absolute Gasteiger partial charge is 0.314 e. The number of rotatable bonds is 5. The molecule has 1 N–H and O–H groups in total. The summed E-state index contributed by atoms with van der Waals surface area (Å²) in [5.74, 6) is 1.81. The van der Waals surface area contributed by atoms with Crippen LogP contribution >= 0.6 is 11.3 Å². The van der Waals surface area contributed by atoms with E-state index in [0.29, 0.717) is 0 Å². The van der Waals surface area contributed by atoms with Crippen molar-refractivity contribution in [1.82, 2.24) is 5.32 Å². The van der Waals surface area contributed by atoms with E-state index < -0.39 is 0 Å². The summed E-state index contributed by atoms with van der Waals surface area (Å²) in [4.78, 5) is 1.51. The molecular weight excluding hydrogens is 226 g/mol. The fraction of sp³-hybridized carbons (Fsp3) is 0.733. The molecule has 0 bridgehead atoms. The van der Waals surface area contributed by atoms with Gasteiger partial charge in [0.1, 0.15) is 0 Å². The average Bonchev–Trinajstić information content (AvgIpc) is 2.82. The maximum atomic E-state index is 3.75. The first kappa shape index (κ1) is 13.1. The molecule has 1 fully saturated rings. The maximum absolute atomic E-state index is 3.75. The fourth-order valence-corrected chi connectivity index (χ4v) is 3.58. The quantitative estimate of drug-likeness (QED) is 0.831. The third-order valence-corrected chi connectivity index (χ3v) is 4.98. The molecule has 0 aliphatic heterocycles. The minimum absolute atomic E-state index is 0.774. The Kier molecular flexibility index (Phi) is 5.05. The molecule has 2 rings (SSSR count). The molecule has 0 aromatic carbocycles. The first-order valence-electron chi connectivity index (χ1n) is 7.01. The van der Waals surface area contributed by atoms with Gasteiger partial charge in [-0.3, -0.25) is 0 Å². The summed E-state index contributed by atoms with van der Waals surface area (Å²) in [7, 11) is 0. The van der Waals surface area contributed by atoms with E-state index in [1.165, 1.54) is 37.0 Å². The van der Waals surface area contributed by atoms with Crippen LogP contribution in [0.2, 0.25) is 0 Å². The molecule has 1 nitrogen and oxygen atoms in total. The predicted molar refractivity (Wildman–Crippen MR) is 76.6 cm³/mol. The van der Waals surface area contributed by atoms with Crippen LogP contribution < -0.4 is 5.32 Å². The van der Waals surface area contributed by atoms with Gasteiger partial charge in [0, 0.05) is 17.5 Å². The molecule has 1 heterocycles. The van der Waals surface area contributed by atoms with Crippen molar-refractivity contribution in [3.63, 3.8) is 0 Å². The van der Waals surface area contributed by atoms with Crippen LogP contribution in [-0.4, -0.2) is 12.6 Å². The Morgan fingerprint density at radius 3 is 3.00 bits per heavy atom. The van der Waals surface area contributed by atoms with E-state index in [-0.39, 0.29) is 0 Å². The van der Waals surface area contributed by atoms with E-state index in [0.717, 1.165) is 24.4 Å². The van der Waals surface area contributed by atoms with E-state index in [1.807, 2.05) is 11.3 Å². The van der Waals surface area contributed by atoms with Crippen LogP contribution in [0.3, 0.4) is 0 Å².